The lowest BCUT2D eigenvalue weighted by Crippen LogP contribution is -2.28. The summed E-state index contributed by atoms with van der Waals surface area (Å²) in [6, 6.07) is 4.37. The number of hydrogen-bond donors (Lipinski definition) is 1. The Bertz CT molecular complexity index is 409. The molecule has 2 rings (SSSR count). The van der Waals surface area contributed by atoms with E-state index in [1.807, 2.05) is 23.9 Å². The van der Waals surface area contributed by atoms with E-state index in [0.717, 1.165) is 36.0 Å². The van der Waals surface area contributed by atoms with Gasteiger partial charge < -0.3 is 14.8 Å². The average molecular weight is 267 g/mol. The summed E-state index contributed by atoms with van der Waals surface area (Å²) in [5.41, 5.74) is 2.56. The van der Waals surface area contributed by atoms with Crippen LogP contribution in [-0.2, 0) is 5.75 Å². The third kappa shape index (κ3) is 2.59. The second kappa shape index (κ2) is 6.34. The van der Waals surface area contributed by atoms with Crippen LogP contribution in [0, 0.1) is 0 Å². The van der Waals surface area contributed by atoms with Gasteiger partial charge in [-0.15, -0.1) is 0 Å². The van der Waals surface area contributed by atoms with Crippen molar-refractivity contribution in [1.29, 1.82) is 0 Å². The Morgan fingerprint density at radius 2 is 2.00 bits per heavy atom. The third-order valence-corrected chi connectivity index (χ3v) is 4.30. The van der Waals surface area contributed by atoms with Crippen molar-refractivity contribution in [3.63, 3.8) is 0 Å². The fourth-order valence-electron chi connectivity index (χ4n) is 2.37. The first kappa shape index (κ1) is 13.6. The standard InChI is InChI=1S/C14H21NO2S/c1-4-7-15-11-9-18-8-10-12(16-2)5-6-13(17-3)14(10)11/h5-6,11,15H,4,7-9H2,1-3H3. The zero-order valence-corrected chi connectivity index (χ0v) is 12.1. The van der Waals surface area contributed by atoms with E-state index in [4.69, 9.17) is 9.47 Å². The van der Waals surface area contributed by atoms with Gasteiger partial charge in [-0.05, 0) is 25.1 Å². The molecule has 1 aromatic carbocycles. The highest BCUT2D eigenvalue weighted by molar-refractivity contribution is 7.98. The topological polar surface area (TPSA) is 30.5 Å². The summed E-state index contributed by atoms with van der Waals surface area (Å²) in [6.45, 7) is 3.22. The Balaban J connectivity index is 2.39. The SMILES string of the molecule is CCCNC1CSCc2c(OC)ccc(OC)c21. The summed E-state index contributed by atoms with van der Waals surface area (Å²) >= 11 is 1.95. The largest absolute Gasteiger partial charge is 0.496 e. The predicted molar refractivity (Wildman–Crippen MR) is 76.7 cm³/mol. The van der Waals surface area contributed by atoms with Crippen molar-refractivity contribution in [2.24, 2.45) is 0 Å². The van der Waals surface area contributed by atoms with Crippen molar-refractivity contribution >= 4 is 11.8 Å². The van der Waals surface area contributed by atoms with Crippen LogP contribution in [0.25, 0.3) is 0 Å². The monoisotopic (exact) mass is 267 g/mol. The maximum absolute atomic E-state index is 5.52. The molecule has 0 bridgehead atoms. The molecule has 1 unspecified atom stereocenters. The molecule has 1 heterocycles. The first-order chi connectivity index (χ1) is 8.81. The van der Waals surface area contributed by atoms with Crippen molar-refractivity contribution in [2.45, 2.75) is 25.1 Å². The van der Waals surface area contributed by atoms with Gasteiger partial charge in [0.05, 0.1) is 14.2 Å². The maximum Gasteiger partial charge on any atom is 0.124 e. The van der Waals surface area contributed by atoms with Crippen LogP contribution in [0.15, 0.2) is 12.1 Å². The third-order valence-electron chi connectivity index (χ3n) is 3.23. The molecule has 0 saturated heterocycles. The minimum Gasteiger partial charge on any atom is -0.496 e. The van der Waals surface area contributed by atoms with Gasteiger partial charge >= 0.3 is 0 Å². The molecule has 100 valence electrons. The van der Waals surface area contributed by atoms with Gasteiger partial charge in [-0.2, -0.15) is 11.8 Å². The fraction of sp³-hybridized carbons (Fsp3) is 0.571. The number of ether oxygens (including phenoxy) is 2. The van der Waals surface area contributed by atoms with Crippen molar-refractivity contribution < 1.29 is 9.47 Å². The van der Waals surface area contributed by atoms with E-state index in [1.165, 1.54) is 11.1 Å². The highest BCUT2D eigenvalue weighted by atomic mass is 32.2. The molecule has 0 amide bonds. The summed E-state index contributed by atoms with van der Waals surface area (Å²) in [7, 11) is 3.47. The minimum atomic E-state index is 0.365. The first-order valence-electron chi connectivity index (χ1n) is 6.36. The number of benzene rings is 1. The minimum absolute atomic E-state index is 0.365. The van der Waals surface area contributed by atoms with Gasteiger partial charge in [0.25, 0.3) is 0 Å². The van der Waals surface area contributed by atoms with Crippen LogP contribution in [0.4, 0.5) is 0 Å². The summed E-state index contributed by atoms with van der Waals surface area (Å²) in [6.07, 6.45) is 1.14. The molecule has 3 nitrogen and oxygen atoms in total. The number of thioether (sulfide) groups is 1. The van der Waals surface area contributed by atoms with Gasteiger partial charge in [0.1, 0.15) is 11.5 Å². The fourth-order valence-corrected chi connectivity index (χ4v) is 3.51. The summed E-state index contributed by atoms with van der Waals surface area (Å²) in [5.74, 6) is 4.04. The molecule has 1 N–H and O–H groups in total. The molecule has 1 aromatic rings. The van der Waals surface area contributed by atoms with E-state index >= 15 is 0 Å². The van der Waals surface area contributed by atoms with E-state index in [1.54, 1.807) is 14.2 Å². The predicted octanol–water partition coefficient (Wildman–Crippen LogP) is 2.99. The summed E-state index contributed by atoms with van der Waals surface area (Å²) in [5, 5.41) is 3.60. The molecule has 0 fully saturated rings. The molecular formula is C14H21NO2S. The zero-order chi connectivity index (χ0) is 13.0. The Hall–Kier alpha value is -0.870. The average Bonchev–Trinajstić information content (AvgIpc) is 2.43. The van der Waals surface area contributed by atoms with Crippen molar-refractivity contribution in [3.8, 4) is 11.5 Å². The van der Waals surface area contributed by atoms with Crippen LogP contribution < -0.4 is 14.8 Å². The van der Waals surface area contributed by atoms with Crippen LogP contribution in [0.1, 0.15) is 30.5 Å². The molecule has 18 heavy (non-hydrogen) atoms. The number of fused-ring (bicyclic) bond motifs is 1. The van der Waals surface area contributed by atoms with Gasteiger partial charge in [0, 0.05) is 28.7 Å². The lowest BCUT2D eigenvalue weighted by molar-refractivity contribution is 0.388. The van der Waals surface area contributed by atoms with Gasteiger partial charge in [0.2, 0.25) is 0 Å². The first-order valence-corrected chi connectivity index (χ1v) is 7.52. The van der Waals surface area contributed by atoms with Crippen LogP contribution in [-0.4, -0.2) is 26.5 Å². The van der Waals surface area contributed by atoms with Gasteiger partial charge in [-0.25, -0.2) is 0 Å². The summed E-state index contributed by atoms with van der Waals surface area (Å²) in [4.78, 5) is 0. The Morgan fingerprint density at radius 3 is 2.67 bits per heavy atom. The Labute approximate surface area is 113 Å². The molecule has 0 aliphatic carbocycles. The molecule has 1 aliphatic heterocycles. The molecule has 1 atom stereocenters. The van der Waals surface area contributed by atoms with Crippen LogP contribution in [0.2, 0.25) is 0 Å². The quantitative estimate of drug-likeness (QED) is 0.888. The molecule has 0 spiro atoms. The smallest absolute Gasteiger partial charge is 0.124 e. The van der Waals surface area contributed by atoms with E-state index < -0.39 is 0 Å². The van der Waals surface area contributed by atoms with Crippen LogP contribution in [0.5, 0.6) is 11.5 Å². The lowest BCUT2D eigenvalue weighted by Gasteiger charge is -2.29. The molecule has 4 heteroatoms. The molecule has 0 aromatic heterocycles. The van der Waals surface area contributed by atoms with Gasteiger partial charge in [-0.3, -0.25) is 0 Å². The zero-order valence-electron chi connectivity index (χ0n) is 11.3. The molecule has 0 radical (unpaired) electrons. The van der Waals surface area contributed by atoms with Crippen molar-refractivity contribution in [2.75, 3.05) is 26.5 Å². The van der Waals surface area contributed by atoms with Crippen LogP contribution in [0.3, 0.4) is 0 Å². The highest BCUT2D eigenvalue weighted by Crippen LogP contribution is 2.42. The lowest BCUT2D eigenvalue weighted by atomic mass is 9.99. The molecule has 1 aliphatic rings. The van der Waals surface area contributed by atoms with E-state index in [2.05, 4.69) is 12.2 Å². The number of rotatable bonds is 5. The van der Waals surface area contributed by atoms with Crippen LogP contribution >= 0.6 is 11.8 Å². The number of nitrogens with one attached hydrogen (secondary N) is 1. The summed E-state index contributed by atoms with van der Waals surface area (Å²) < 4.78 is 11.0. The second-order valence-corrected chi connectivity index (χ2v) is 5.41. The highest BCUT2D eigenvalue weighted by Gasteiger charge is 2.26. The van der Waals surface area contributed by atoms with E-state index in [0.29, 0.717) is 6.04 Å². The van der Waals surface area contributed by atoms with E-state index in [-0.39, 0.29) is 0 Å². The molecule has 0 saturated carbocycles. The van der Waals surface area contributed by atoms with Crippen molar-refractivity contribution in [1.82, 2.24) is 5.32 Å². The number of methoxy groups -OCH3 is 2. The maximum atomic E-state index is 5.52. The normalized spacial score (nSPS) is 18.3. The second-order valence-electron chi connectivity index (χ2n) is 4.38. The van der Waals surface area contributed by atoms with Gasteiger partial charge in [0.15, 0.2) is 0 Å². The van der Waals surface area contributed by atoms with E-state index in [9.17, 15) is 0 Å². The van der Waals surface area contributed by atoms with Gasteiger partial charge in [-0.1, -0.05) is 6.92 Å². The Morgan fingerprint density at radius 1 is 1.28 bits per heavy atom. The Kier molecular flexibility index (Phi) is 4.78. The van der Waals surface area contributed by atoms with Crippen molar-refractivity contribution in [3.05, 3.63) is 23.3 Å². The number of hydrogen-bond acceptors (Lipinski definition) is 4. The molecular weight excluding hydrogens is 246 g/mol.